The second-order valence-corrected chi connectivity index (χ2v) is 9.15. The number of carbonyl (C=O) groups is 2. The van der Waals surface area contributed by atoms with E-state index in [0.29, 0.717) is 11.5 Å². The van der Waals surface area contributed by atoms with Crippen LogP contribution in [-0.2, 0) is 16.6 Å². The van der Waals surface area contributed by atoms with E-state index in [9.17, 15) is 18.0 Å². The van der Waals surface area contributed by atoms with Gasteiger partial charge in [0.25, 0.3) is 5.91 Å². The van der Waals surface area contributed by atoms with Crippen LogP contribution >= 0.6 is 0 Å². The lowest BCUT2D eigenvalue weighted by Crippen LogP contribution is -2.59. The zero-order valence-corrected chi connectivity index (χ0v) is 18.4. The third-order valence-corrected chi connectivity index (χ3v) is 7.02. The van der Waals surface area contributed by atoms with Crippen LogP contribution in [0.15, 0.2) is 18.5 Å². The summed E-state index contributed by atoms with van der Waals surface area (Å²) < 4.78 is 39.1. The molecule has 0 bridgehead atoms. The van der Waals surface area contributed by atoms with Crippen molar-refractivity contribution in [1.82, 2.24) is 14.8 Å². The molecular formula is C22H32F3N3O4. The van der Waals surface area contributed by atoms with Crippen LogP contribution in [0.4, 0.5) is 13.2 Å². The summed E-state index contributed by atoms with van der Waals surface area (Å²) in [5.74, 6) is -1.85. The normalized spacial score (nSPS) is 23.7. The first-order valence-electron chi connectivity index (χ1n) is 11.1. The first-order valence-corrected chi connectivity index (χ1v) is 11.1. The molecule has 3 heterocycles. The predicted octanol–water partition coefficient (Wildman–Crippen LogP) is 3.06. The Morgan fingerprint density at radius 3 is 2.28 bits per heavy atom. The van der Waals surface area contributed by atoms with Gasteiger partial charge < -0.3 is 24.6 Å². The number of aliphatic carboxylic acids is 1. The molecule has 1 saturated carbocycles. The van der Waals surface area contributed by atoms with Gasteiger partial charge in [-0.2, -0.15) is 13.2 Å². The van der Waals surface area contributed by atoms with Gasteiger partial charge in [-0.25, -0.2) is 4.79 Å². The third-order valence-electron chi connectivity index (χ3n) is 7.02. The van der Waals surface area contributed by atoms with Gasteiger partial charge in [-0.1, -0.05) is 0 Å². The van der Waals surface area contributed by atoms with Crippen LogP contribution in [0.3, 0.4) is 0 Å². The Hall–Kier alpha value is -2.07. The number of nitrogens with one attached hydrogen (secondary N) is 1. The molecule has 0 radical (unpaired) electrons. The van der Waals surface area contributed by atoms with Gasteiger partial charge in [0.1, 0.15) is 0 Å². The standard InChI is InChI=1S/C20H31N3O2.C2HF3O2/c1-22-9-3-17(15-22)19(24)21-18-2-6-20(18)7-10-23(11-8-20)14-16-4-12-25-13-5-16;3-2(4,5)1(6)7/h3,9,15-16,18H,2,4-8,10-14H2,1H3,(H,21,24);(H,6,7). The number of halogens is 3. The molecule has 180 valence electrons. The Labute approximate surface area is 185 Å². The average Bonchev–Trinajstić information content (AvgIpc) is 3.19. The highest BCUT2D eigenvalue weighted by molar-refractivity contribution is 5.94. The number of amides is 1. The molecule has 1 spiro atoms. The van der Waals surface area contributed by atoms with E-state index in [4.69, 9.17) is 14.6 Å². The number of hydrogen-bond acceptors (Lipinski definition) is 4. The first kappa shape index (κ1) is 24.6. The third kappa shape index (κ3) is 6.25. The summed E-state index contributed by atoms with van der Waals surface area (Å²) in [6.07, 6.45) is 6.06. The fourth-order valence-corrected chi connectivity index (χ4v) is 4.87. The zero-order valence-electron chi connectivity index (χ0n) is 18.4. The molecule has 3 aliphatic rings. The summed E-state index contributed by atoms with van der Waals surface area (Å²) >= 11 is 0. The molecule has 1 aromatic rings. The summed E-state index contributed by atoms with van der Waals surface area (Å²) in [5.41, 5.74) is 1.14. The van der Waals surface area contributed by atoms with E-state index in [-0.39, 0.29) is 5.91 Å². The van der Waals surface area contributed by atoms with Crippen molar-refractivity contribution in [2.75, 3.05) is 32.8 Å². The van der Waals surface area contributed by atoms with Crippen molar-refractivity contribution in [3.8, 4) is 0 Å². The molecule has 1 aliphatic carbocycles. The second-order valence-electron chi connectivity index (χ2n) is 9.15. The maximum absolute atomic E-state index is 12.5. The van der Waals surface area contributed by atoms with Crippen molar-refractivity contribution in [2.45, 2.75) is 50.7 Å². The summed E-state index contributed by atoms with van der Waals surface area (Å²) in [5, 5.41) is 10.4. The Kier molecular flexibility index (Phi) is 7.87. The van der Waals surface area contributed by atoms with Crippen molar-refractivity contribution < 1.29 is 32.6 Å². The number of carbonyl (C=O) groups excluding carboxylic acids is 1. The quantitative estimate of drug-likeness (QED) is 0.723. The maximum Gasteiger partial charge on any atom is 0.490 e. The highest BCUT2D eigenvalue weighted by Crippen LogP contribution is 2.49. The van der Waals surface area contributed by atoms with Gasteiger partial charge in [-0.3, -0.25) is 4.79 Å². The van der Waals surface area contributed by atoms with Crippen molar-refractivity contribution in [1.29, 1.82) is 0 Å². The van der Waals surface area contributed by atoms with Gasteiger partial charge in [-0.05, 0) is 69.0 Å². The number of piperidine rings is 1. The number of hydrogen-bond donors (Lipinski definition) is 2. The van der Waals surface area contributed by atoms with Gasteiger partial charge in [0, 0.05) is 45.2 Å². The Balaban J connectivity index is 0.000000360. The molecule has 1 amide bonds. The van der Waals surface area contributed by atoms with Crippen molar-refractivity contribution in [3.63, 3.8) is 0 Å². The zero-order chi connectivity index (χ0) is 23.4. The van der Waals surface area contributed by atoms with Crippen LogP contribution in [0.25, 0.3) is 0 Å². The van der Waals surface area contributed by atoms with E-state index in [0.717, 1.165) is 31.1 Å². The fourth-order valence-electron chi connectivity index (χ4n) is 4.87. The Morgan fingerprint density at radius 2 is 1.81 bits per heavy atom. The molecule has 1 unspecified atom stereocenters. The van der Waals surface area contributed by atoms with Crippen molar-refractivity contribution in [2.24, 2.45) is 18.4 Å². The highest BCUT2D eigenvalue weighted by Gasteiger charge is 2.48. The lowest BCUT2D eigenvalue weighted by atomic mass is 9.59. The van der Waals surface area contributed by atoms with Crippen LogP contribution in [0.2, 0.25) is 0 Å². The molecule has 2 N–H and O–H groups in total. The van der Waals surface area contributed by atoms with Crippen LogP contribution in [0.5, 0.6) is 0 Å². The monoisotopic (exact) mass is 459 g/mol. The van der Waals surface area contributed by atoms with Crippen LogP contribution in [-0.4, -0.2) is 71.5 Å². The summed E-state index contributed by atoms with van der Waals surface area (Å²) in [7, 11) is 1.95. The van der Waals surface area contributed by atoms with Crippen LogP contribution < -0.4 is 5.32 Å². The number of carboxylic acids is 1. The molecule has 10 heteroatoms. The Morgan fingerprint density at radius 1 is 1.19 bits per heavy atom. The number of aromatic nitrogens is 1. The highest BCUT2D eigenvalue weighted by atomic mass is 19.4. The molecule has 0 aromatic carbocycles. The van der Waals surface area contributed by atoms with Gasteiger partial charge in [0.15, 0.2) is 0 Å². The number of aryl methyl sites for hydroxylation is 1. The molecular weight excluding hydrogens is 427 g/mol. The summed E-state index contributed by atoms with van der Waals surface area (Å²) in [6.45, 7) is 5.50. The Bertz CT molecular complexity index is 782. The number of carboxylic acid groups (broad SMARTS) is 1. The molecule has 4 rings (SSSR count). The van der Waals surface area contributed by atoms with Crippen molar-refractivity contribution in [3.05, 3.63) is 24.0 Å². The van der Waals surface area contributed by atoms with Crippen LogP contribution in [0.1, 0.15) is 48.9 Å². The molecule has 32 heavy (non-hydrogen) atoms. The molecule has 2 aliphatic heterocycles. The first-order chi connectivity index (χ1) is 15.1. The van der Waals surface area contributed by atoms with Crippen molar-refractivity contribution >= 4 is 11.9 Å². The SMILES string of the molecule is Cn1ccc(C(=O)NC2CCC23CCN(CC2CCOCC2)CC3)c1.O=C(O)C(F)(F)F. The van der Waals surface area contributed by atoms with Gasteiger partial charge in [0.05, 0.1) is 5.56 Å². The minimum atomic E-state index is -5.08. The van der Waals surface area contributed by atoms with E-state index in [1.807, 2.05) is 30.1 Å². The van der Waals surface area contributed by atoms with E-state index in [1.54, 1.807) is 0 Å². The van der Waals surface area contributed by atoms with E-state index in [1.165, 1.54) is 51.7 Å². The lowest BCUT2D eigenvalue weighted by Gasteiger charge is -2.54. The van der Waals surface area contributed by atoms with E-state index < -0.39 is 12.1 Å². The molecule has 2 saturated heterocycles. The number of likely N-dealkylation sites (tertiary alicyclic amines) is 1. The lowest BCUT2D eigenvalue weighted by molar-refractivity contribution is -0.192. The molecule has 1 atom stereocenters. The van der Waals surface area contributed by atoms with Gasteiger partial charge in [-0.15, -0.1) is 0 Å². The summed E-state index contributed by atoms with van der Waals surface area (Å²) in [4.78, 5) is 24.0. The van der Waals surface area contributed by atoms with Crippen LogP contribution in [0, 0.1) is 11.3 Å². The topological polar surface area (TPSA) is 83.8 Å². The maximum atomic E-state index is 12.5. The number of alkyl halides is 3. The predicted molar refractivity (Wildman–Crippen MR) is 111 cm³/mol. The number of rotatable bonds is 4. The number of ether oxygens (including phenoxy) is 1. The van der Waals surface area contributed by atoms with Gasteiger partial charge >= 0.3 is 12.1 Å². The number of nitrogens with zero attached hydrogens (tertiary/aromatic N) is 2. The minimum absolute atomic E-state index is 0.0920. The minimum Gasteiger partial charge on any atom is -0.475 e. The van der Waals surface area contributed by atoms with Gasteiger partial charge in [0.2, 0.25) is 0 Å². The molecule has 3 fully saturated rings. The largest absolute Gasteiger partial charge is 0.490 e. The molecule has 7 nitrogen and oxygen atoms in total. The van der Waals surface area contributed by atoms with E-state index >= 15 is 0 Å². The summed E-state index contributed by atoms with van der Waals surface area (Å²) in [6, 6.07) is 2.27. The molecule has 1 aromatic heterocycles. The smallest absolute Gasteiger partial charge is 0.475 e. The average molecular weight is 460 g/mol. The van der Waals surface area contributed by atoms with E-state index in [2.05, 4.69) is 10.2 Å². The fraction of sp³-hybridized carbons (Fsp3) is 0.727. The second kappa shape index (κ2) is 10.2.